The molecule has 3 rings (SSSR count). The Morgan fingerprint density at radius 3 is 2.48 bits per heavy atom. The number of amides is 1. The molecule has 0 spiro atoms. The molecule has 1 N–H and O–H groups in total. The van der Waals surface area contributed by atoms with Crippen LogP contribution in [0.5, 0.6) is 5.75 Å². The van der Waals surface area contributed by atoms with Gasteiger partial charge in [-0.25, -0.2) is 0 Å². The first-order chi connectivity index (χ1) is 12.1. The molecule has 0 aromatic heterocycles. The molecule has 2 aromatic rings. The summed E-state index contributed by atoms with van der Waals surface area (Å²) in [5.41, 5.74) is 1.64. The Morgan fingerprint density at radius 2 is 1.76 bits per heavy atom. The third kappa shape index (κ3) is 5.13. The second kappa shape index (κ2) is 8.59. The Morgan fingerprint density at radius 1 is 1.04 bits per heavy atom. The minimum Gasteiger partial charge on any atom is -0.487 e. The quantitative estimate of drug-likeness (QED) is 0.732. The first-order valence-electron chi connectivity index (χ1n) is 8.59. The summed E-state index contributed by atoms with van der Waals surface area (Å²) in [6, 6.07) is 12.9. The monoisotopic (exact) mass is 377 g/mol. The molecule has 0 atom stereocenters. The van der Waals surface area contributed by atoms with Crippen molar-refractivity contribution in [3.8, 4) is 5.75 Å². The lowest BCUT2D eigenvalue weighted by molar-refractivity contribution is 0.0927. The van der Waals surface area contributed by atoms with Crippen LogP contribution in [0.3, 0.4) is 0 Å². The van der Waals surface area contributed by atoms with Crippen molar-refractivity contribution >= 4 is 29.1 Å². The summed E-state index contributed by atoms with van der Waals surface area (Å²) in [7, 11) is 0. The van der Waals surface area contributed by atoms with Crippen molar-refractivity contribution in [3.63, 3.8) is 0 Å². The molecule has 0 aliphatic heterocycles. The van der Waals surface area contributed by atoms with Crippen LogP contribution in [0, 0.1) is 0 Å². The molecular formula is C20H21Cl2NO2. The zero-order valence-corrected chi connectivity index (χ0v) is 15.4. The van der Waals surface area contributed by atoms with E-state index in [-0.39, 0.29) is 5.91 Å². The molecule has 5 heteroatoms. The van der Waals surface area contributed by atoms with Gasteiger partial charge in [0.1, 0.15) is 12.4 Å². The van der Waals surface area contributed by atoms with E-state index in [1.807, 2.05) is 24.3 Å². The average Bonchev–Trinajstić information content (AvgIpc) is 2.64. The molecule has 0 bridgehead atoms. The van der Waals surface area contributed by atoms with Crippen molar-refractivity contribution in [2.75, 3.05) is 0 Å². The summed E-state index contributed by atoms with van der Waals surface area (Å²) in [5.74, 6) is 0.547. The average molecular weight is 378 g/mol. The molecule has 1 aliphatic carbocycles. The smallest absolute Gasteiger partial charge is 0.251 e. The normalized spacial score (nSPS) is 15.0. The number of hydrogen-bond acceptors (Lipinski definition) is 2. The lowest BCUT2D eigenvalue weighted by atomic mass is 9.95. The van der Waals surface area contributed by atoms with E-state index in [9.17, 15) is 4.79 Å². The molecule has 0 heterocycles. The Bertz CT molecular complexity index is 725. The summed E-state index contributed by atoms with van der Waals surface area (Å²) in [6.45, 7) is 0.366. The predicted molar refractivity (Wildman–Crippen MR) is 102 cm³/mol. The van der Waals surface area contributed by atoms with Crippen LogP contribution in [0.25, 0.3) is 0 Å². The van der Waals surface area contributed by atoms with E-state index in [1.54, 1.807) is 18.2 Å². The molecule has 0 radical (unpaired) electrons. The Hall–Kier alpha value is -1.71. The second-order valence-electron chi connectivity index (χ2n) is 6.37. The number of rotatable bonds is 5. The van der Waals surface area contributed by atoms with Crippen molar-refractivity contribution < 1.29 is 9.53 Å². The molecule has 25 heavy (non-hydrogen) atoms. The zero-order valence-electron chi connectivity index (χ0n) is 13.9. The lowest BCUT2D eigenvalue weighted by Gasteiger charge is -2.22. The number of carbonyl (C=O) groups excluding carboxylic acids is 1. The second-order valence-corrected chi connectivity index (χ2v) is 7.21. The maximum Gasteiger partial charge on any atom is 0.251 e. The number of hydrogen-bond donors (Lipinski definition) is 1. The van der Waals surface area contributed by atoms with Crippen LogP contribution in [0.4, 0.5) is 0 Å². The van der Waals surface area contributed by atoms with Crippen molar-refractivity contribution in [1.29, 1.82) is 0 Å². The summed E-state index contributed by atoms with van der Waals surface area (Å²) < 4.78 is 5.71. The number of benzene rings is 2. The third-order valence-corrected chi connectivity index (χ3v) is 4.99. The van der Waals surface area contributed by atoms with Gasteiger partial charge in [-0.05, 0) is 42.7 Å². The van der Waals surface area contributed by atoms with Gasteiger partial charge >= 0.3 is 0 Å². The Labute approximate surface area is 158 Å². The summed E-state index contributed by atoms with van der Waals surface area (Å²) in [5, 5.41) is 4.22. The van der Waals surface area contributed by atoms with Crippen molar-refractivity contribution in [2.45, 2.75) is 44.8 Å². The molecule has 0 unspecified atom stereocenters. The largest absolute Gasteiger partial charge is 0.487 e. The standard InChI is InChI=1S/C20H21Cl2NO2/c21-16-10-11-18(22)19(12-16)25-13-14-6-8-15(9-7-14)20(24)23-17-4-2-1-3-5-17/h6-12,17H,1-5,13H2,(H,23,24). The first kappa shape index (κ1) is 18.1. The van der Waals surface area contributed by atoms with Gasteiger partial charge in [-0.3, -0.25) is 4.79 Å². The van der Waals surface area contributed by atoms with Crippen LogP contribution >= 0.6 is 23.2 Å². The van der Waals surface area contributed by atoms with Crippen molar-refractivity contribution in [2.24, 2.45) is 0 Å². The van der Waals surface area contributed by atoms with Gasteiger partial charge in [-0.1, -0.05) is 54.6 Å². The predicted octanol–water partition coefficient (Wildman–Crippen LogP) is 5.63. The molecule has 1 saturated carbocycles. The topological polar surface area (TPSA) is 38.3 Å². The van der Waals surface area contributed by atoms with Crippen LogP contribution < -0.4 is 10.1 Å². The molecular weight excluding hydrogens is 357 g/mol. The van der Waals surface area contributed by atoms with Gasteiger partial charge < -0.3 is 10.1 Å². The first-order valence-corrected chi connectivity index (χ1v) is 9.35. The van der Waals surface area contributed by atoms with Gasteiger partial charge in [0.2, 0.25) is 0 Å². The number of carbonyl (C=O) groups is 1. The fourth-order valence-corrected chi connectivity index (χ4v) is 3.35. The van der Waals surface area contributed by atoms with E-state index in [0.29, 0.717) is 34.0 Å². The van der Waals surface area contributed by atoms with Gasteiger partial charge in [0.15, 0.2) is 0 Å². The number of ether oxygens (including phenoxy) is 1. The van der Waals surface area contributed by atoms with Gasteiger partial charge in [-0.15, -0.1) is 0 Å². The number of halogens is 2. The maximum atomic E-state index is 12.3. The highest BCUT2D eigenvalue weighted by Crippen LogP contribution is 2.28. The van der Waals surface area contributed by atoms with Crippen molar-refractivity contribution in [1.82, 2.24) is 5.32 Å². The van der Waals surface area contributed by atoms with Crippen LogP contribution in [-0.4, -0.2) is 11.9 Å². The summed E-state index contributed by atoms with van der Waals surface area (Å²) in [6.07, 6.45) is 5.84. The molecule has 1 fully saturated rings. The highest BCUT2D eigenvalue weighted by molar-refractivity contribution is 6.34. The third-order valence-electron chi connectivity index (χ3n) is 4.44. The van der Waals surface area contributed by atoms with Crippen LogP contribution in [0.1, 0.15) is 48.0 Å². The zero-order chi connectivity index (χ0) is 17.6. The fourth-order valence-electron chi connectivity index (χ4n) is 3.02. The molecule has 1 aliphatic rings. The minimum atomic E-state index is -0.00254. The molecule has 132 valence electrons. The van der Waals surface area contributed by atoms with Gasteiger partial charge in [0.05, 0.1) is 5.02 Å². The van der Waals surface area contributed by atoms with E-state index in [0.717, 1.165) is 18.4 Å². The SMILES string of the molecule is O=C(NC1CCCCC1)c1ccc(COc2cc(Cl)ccc2Cl)cc1. The van der Waals surface area contributed by atoms with Gasteiger partial charge in [0.25, 0.3) is 5.91 Å². The van der Waals surface area contributed by atoms with E-state index in [4.69, 9.17) is 27.9 Å². The fraction of sp³-hybridized carbons (Fsp3) is 0.350. The molecule has 0 saturated heterocycles. The van der Waals surface area contributed by atoms with Crippen molar-refractivity contribution in [3.05, 3.63) is 63.6 Å². The molecule has 1 amide bonds. The molecule has 3 nitrogen and oxygen atoms in total. The van der Waals surface area contributed by atoms with E-state index >= 15 is 0 Å². The minimum absolute atomic E-state index is 0.00254. The van der Waals surface area contributed by atoms with E-state index in [1.165, 1.54) is 19.3 Å². The lowest BCUT2D eigenvalue weighted by Crippen LogP contribution is -2.36. The van der Waals surface area contributed by atoms with Crippen LogP contribution in [-0.2, 0) is 6.61 Å². The maximum absolute atomic E-state index is 12.3. The van der Waals surface area contributed by atoms with Crippen LogP contribution in [0.2, 0.25) is 10.0 Å². The Kier molecular flexibility index (Phi) is 6.22. The summed E-state index contributed by atoms with van der Waals surface area (Å²) in [4.78, 5) is 12.3. The van der Waals surface area contributed by atoms with Gasteiger partial charge in [0, 0.05) is 22.7 Å². The molecule has 2 aromatic carbocycles. The van der Waals surface area contributed by atoms with Gasteiger partial charge in [-0.2, -0.15) is 0 Å². The summed E-state index contributed by atoms with van der Waals surface area (Å²) >= 11 is 12.0. The number of nitrogens with one attached hydrogen (secondary N) is 1. The highest BCUT2D eigenvalue weighted by Gasteiger charge is 2.16. The van der Waals surface area contributed by atoms with E-state index in [2.05, 4.69) is 5.32 Å². The Balaban J connectivity index is 1.56. The highest BCUT2D eigenvalue weighted by atomic mass is 35.5. The van der Waals surface area contributed by atoms with E-state index < -0.39 is 0 Å². The van der Waals surface area contributed by atoms with Crippen LogP contribution in [0.15, 0.2) is 42.5 Å².